The highest BCUT2D eigenvalue weighted by Crippen LogP contribution is 2.45. The summed E-state index contributed by atoms with van der Waals surface area (Å²) in [5, 5.41) is 0. The van der Waals surface area contributed by atoms with E-state index >= 15 is 0 Å². The van der Waals surface area contributed by atoms with Crippen LogP contribution in [0, 0.1) is 0 Å². The first-order valence-corrected chi connectivity index (χ1v) is 7.93. The Labute approximate surface area is 129 Å². The van der Waals surface area contributed by atoms with E-state index in [1.165, 1.54) is 0 Å². The molecule has 3 nitrogen and oxygen atoms in total. The molecule has 0 spiro atoms. The number of carbonyl (C=O) groups is 1. The van der Waals surface area contributed by atoms with Gasteiger partial charge in [-0.2, -0.15) is 0 Å². The normalized spacial score (nSPS) is 20.8. The lowest BCUT2D eigenvalue weighted by Crippen LogP contribution is -2.39. The summed E-state index contributed by atoms with van der Waals surface area (Å²) < 4.78 is 32.4. The molecule has 0 unspecified atom stereocenters. The van der Waals surface area contributed by atoms with Gasteiger partial charge in [0.05, 0.1) is 12.3 Å². The monoisotopic (exact) mass is 309 g/mol. The van der Waals surface area contributed by atoms with Gasteiger partial charge in [-0.05, 0) is 43.4 Å². The van der Waals surface area contributed by atoms with Crippen molar-refractivity contribution in [1.82, 2.24) is 0 Å². The fraction of sp³-hybridized carbons (Fsp3) is 0.588. The molecule has 1 saturated heterocycles. The highest BCUT2D eigenvalue weighted by Gasteiger charge is 2.35. The first-order valence-electron chi connectivity index (χ1n) is 7.93. The number of rotatable bonds is 5. The first-order chi connectivity index (χ1) is 10.5. The van der Waals surface area contributed by atoms with Gasteiger partial charge in [-0.3, -0.25) is 4.79 Å². The topological polar surface area (TPSA) is 29.5 Å². The van der Waals surface area contributed by atoms with E-state index in [2.05, 4.69) is 0 Å². The van der Waals surface area contributed by atoms with Gasteiger partial charge in [0.2, 0.25) is 0 Å². The smallest absolute Gasteiger partial charge is 0.251 e. The Morgan fingerprint density at radius 2 is 2.00 bits per heavy atom. The quantitative estimate of drug-likeness (QED) is 0.770. The molecule has 120 valence electrons. The number of nitrogens with zero attached hydrogens (tertiary/aromatic N) is 1. The molecule has 3 rings (SSSR count). The molecule has 1 aliphatic carbocycles. The number of hydrogen-bond acceptors (Lipinski definition) is 3. The number of piperidine rings is 1. The summed E-state index contributed by atoms with van der Waals surface area (Å²) in [5.74, 6) is -1.51. The molecular weight excluding hydrogens is 288 g/mol. The third-order valence-corrected chi connectivity index (χ3v) is 4.44. The van der Waals surface area contributed by atoms with Crippen LogP contribution in [0.2, 0.25) is 0 Å². The lowest BCUT2D eigenvalue weighted by molar-refractivity contribution is -0.0221. The maximum Gasteiger partial charge on any atom is 0.251 e. The number of anilines is 1. The van der Waals surface area contributed by atoms with Crippen molar-refractivity contribution in [2.75, 3.05) is 24.6 Å². The minimum Gasteiger partial charge on any atom is -0.492 e. The van der Waals surface area contributed by atoms with Crippen LogP contribution in [0.1, 0.15) is 54.4 Å². The maximum atomic E-state index is 13.4. The van der Waals surface area contributed by atoms with Crippen molar-refractivity contribution >= 4 is 12.0 Å². The number of hydrogen-bond donors (Lipinski definition) is 0. The zero-order chi connectivity index (χ0) is 15.7. The molecular formula is C17H21F2NO2. The largest absolute Gasteiger partial charge is 0.492 e. The van der Waals surface area contributed by atoms with Gasteiger partial charge in [-0.25, -0.2) is 8.78 Å². The van der Waals surface area contributed by atoms with Crippen LogP contribution in [0.15, 0.2) is 12.1 Å². The van der Waals surface area contributed by atoms with Gasteiger partial charge in [-0.1, -0.05) is 0 Å². The Bertz CT molecular complexity index is 560. The third kappa shape index (κ3) is 3.08. The van der Waals surface area contributed by atoms with Gasteiger partial charge in [0.25, 0.3) is 5.92 Å². The number of benzene rings is 1. The number of carbonyl (C=O) groups excluding carboxylic acids is 1. The predicted molar refractivity (Wildman–Crippen MR) is 81.4 cm³/mol. The highest BCUT2D eigenvalue weighted by atomic mass is 19.3. The molecule has 0 amide bonds. The van der Waals surface area contributed by atoms with Crippen LogP contribution >= 0.6 is 0 Å². The van der Waals surface area contributed by atoms with Crippen molar-refractivity contribution in [2.24, 2.45) is 0 Å². The second-order valence-corrected chi connectivity index (χ2v) is 6.12. The summed E-state index contributed by atoms with van der Waals surface area (Å²) in [5.41, 5.74) is 2.55. The summed E-state index contributed by atoms with van der Waals surface area (Å²) in [7, 11) is 0. The average Bonchev–Trinajstić information content (AvgIpc) is 3.32. The molecule has 0 bridgehead atoms. The minimum absolute atomic E-state index is 0.132. The fourth-order valence-electron chi connectivity index (χ4n) is 3.04. The molecule has 1 aromatic rings. The van der Waals surface area contributed by atoms with Crippen molar-refractivity contribution < 1.29 is 18.3 Å². The Kier molecular flexibility index (Phi) is 4.06. The van der Waals surface area contributed by atoms with Gasteiger partial charge in [-0.15, -0.1) is 0 Å². The Balaban J connectivity index is 1.94. The molecule has 22 heavy (non-hydrogen) atoms. The van der Waals surface area contributed by atoms with Crippen LogP contribution in [-0.2, 0) is 0 Å². The summed E-state index contributed by atoms with van der Waals surface area (Å²) in [6, 6.07) is 3.75. The second kappa shape index (κ2) is 5.86. The van der Waals surface area contributed by atoms with Crippen LogP contribution in [-0.4, -0.2) is 31.9 Å². The fourth-order valence-corrected chi connectivity index (χ4v) is 3.04. The number of ether oxygens (including phenoxy) is 1. The van der Waals surface area contributed by atoms with E-state index in [-0.39, 0.29) is 12.8 Å². The molecule has 0 atom stereocenters. The van der Waals surface area contributed by atoms with Gasteiger partial charge in [0.1, 0.15) is 12.0 Å². The summed E-state index contributed by atoms with van der Waals surface area (Å²) in [6.07, 6.45) is 2.78. The minimum atomic E-state index is -2.57. The molecule has 1 aliphatic heterocycles. The third-order valence-electron chi connectivity index (χ3n) is 4.44. The number of halogens is 2. The summed E-state index contributed by atoms with van der Waals surface area (Å²) in [4.78, 5) is 13.3. The average molecular weight is 309 g/mol. The number of alkyl halides is 2. The second-order valence-electron chi connectivity index (χ2n) is 6.12. The van der Waals surface area contributed by atoms with Crippen molar-refractivity contribution in [3.63, 3.8) is 0 Å². The van der Waals surface area contributed by atoms with E-state index in [1.807, 2.05) is 17.9 Å². The van der Waals surface area contributed by atoms with Crippen LogP contribution in [0.4, 0.5) is 14.5 Å². The SMILES string of the molecule is CCOc1cc(C=O)c(C2CC2)cc1N1CCC(F)(F)CC1. The predicted octanol–water partition coefficient (Wildman–Crippen LogP) is 4.01. The van der Waals surface area contributed by atoms with Gasteiger partial charge >= 0.3 is 0 Å². The van der Waals surface area contributed by atoms with E-state index < -0.39 is 5.92 Å². The van der Waals surface area contributed by atoms with Crippen LogP contribution in [0.5, 0.6) is 5.75 Å². The molecule has 1 heterocycles. The van der Waals surface area contributed by atoms with Crippen molar-refractivity contribution in [2.45, 2.75) is 44.4 Å². The zero-order valence-electron chi connectivity index (χ0n) is 12.8. The standard InChI is InChI=1S/C17H21F2NO2/c1-2-22-16-9-13(11-21)14(12-3-4-12)10-15(16)20-7-5-17(18,19)6-8-20/h9-12H,2-8H2,1H3. The molecule has 1 aromatic carbocycles. The lowest BCUT2D eigenvalue weighted by Gasteiger charge is -2.34. The van der Waals surface area contributed by atoms with Gasteiger partial charge in [0, 0.05) is 31.5 Å². The van der Waals surface area contributed by atoms with Gasteiger partial charge < -0.3 is 9.64 Å². The molecule has 0 radical (unpaired) electrons. The van der Waals surface area contributed by atoms with Crippen LogP contribution in [0.3, 0.4) is 0 Å². The van der Waals surface area contributed by atoms with E-state index in [4.69, 9.17) is 4.74 Å². The Morgan fingerprint density at radius 3 is 2.55 bits per heavy atom. The Hall–Kier alpha value is -1.65. The van der Waals surface area contributed by atoms with Crippen molar-refractivity contribution in [3.05, 3.63) is 23.3 Å². The molecule has 0 N–H and O–H groups in total. The molecule has 1 saturated carbocycles. The maximum absolute atomic E-state index is 13.4. The summed E-state index contributed by atoms with van der Waals surface area (Å²) >= 11 is 0. The van der Waals surface area contributed by atoms with E-state index in [9.17, 15) is 13.6 Å². The molecule has 2 aliphatic rings. The van der Waals surface area contributed by atoms with E-state index in [0.717, 1.165) is 30.4 Å². The van der Waals surface area contributed by atoms with Crippen LogP contribution in [0.25, 0.3) is 0 Å². The van der Waals surface area contributed by atoms with Crippen LogP contribution < -0.4 is 9.64 Å². The summed E-state index contributed by atoms with van der Waals surface area (Å²) in [6.45, 7) is 3.00. The van der Waals surface area contributed by atoms with Gasteiger partial charge in [0.15, 0.2) is 0 Å². The molecule has 2 fully saturated rings. The first kappa shape index (κ1) is 15.3. The van der Waals surface area contributed by atoms with Crippen molar-refractivity contribution in [3.8, 4) is 5.75 Å². The van der Waals surface area contributed by atoms with E-state index in [1.54, 1.807) is 6.07 Å². The molecule has 0 aromatic heterocycles. The lowest BCUT2D eigenvalue weighted by atomic mass is 10.00. The zero-order valence-corrected chi connectivity index (χ0v) is 12.8. The van der Waals surface area contributed by atoms with Crippen molar-refractivity contribution in [1.29, 1.82) is 0 Å². The molecule has 5 heteroatoms. The highest BCUT2D eigenvalue weighted by molar-refractivity contribution is 5.82. The van der Waals surface area contributed by atoms with E-state index in [0.29, 0.717) is 36.9 Å². The number of aldehydes is 1. The Morgan fingerprint density at radius 1 is 1.32 bits per heavy atom.